The molecule has 2 aromatic heterocycles. The zero-order valence-corrected chi connectivity index (χ0v) is 54.0. The maximum Gasteiger partial charge on any atom is 0.180 e. The average Bonchev–Trinajstić information content (AvgIpc) is 1.54. The van der Waals surface area contributed by atoms with Gasteiger partial charge in [0.1, 0.15) is 32.1 Å². The third-order valence-corrected chi connectivity index (χ3v) is 27.9. The van der Waals surface area contributed by atoms with Gasteiger partial charge >= 0.3 is 0 Å². The molecule has 0 aliphatic carbocycles. The number of aromatic nitrogens is 2. The third kappa shape index (κ3) is 8.61. The quantitative estimate of drug-likeness (QED) is 0.149. The Morgan fingerprint density at radius 3 is 1.55 bits per heavy atom. The fraction of sp³-hybridized carbons (Fsp3) is 0.244. The Morgan fingerprint density at radius 2 is 0.929 bits per heavy atom. The standard InChI is InChI=1S/C78H78N4OSi2/c1-75(2,3)52-38-39-79-71(45-52)82-63-32-25-37-69-72(63)73-64(82)47-58(48-70(73)85(69)67-35-22-20-33-65(67)84(13,14)66-34-21-23-36-68(66)85)83-57-29-24-28-56(46-57)80-49-81(62-31-19-18-30-61(62)80)74-59(50-26-16-15-17-27-50)43-55(78(10,11)12)44-60(74)51-40-53(76(4,5)6)42-54(41-51)77(7,8)9/h15-48H,49H2,1-14H3. The second kappa shape index (κ2) is 19.1. The number of fused-ring (bicyclic) bond motifs is 7. The van der Waals surface area contributed by atoms with Crippen molar-refractivity contribution in [2.75, 3.05) is 16.5 Å². The fourth-order valence-electron chi connectivity index (χ4n) is 14.3. The summed E-state index contributed by atoms with van der Waals surface area (Å²) in [5.74, 6) is 2.53. The van der Waals surface area contributed by atoms with Crippen molar-refractivity contribution in [1.29, 1.82) is 0 Å². The molecule has 5 heterocycles. The van der Waals surface area contributed by atoms with E-state index in [4.69, 9.17) is 9.72 Å². The Kier molecular flexibility index (Phi) is 12.3. The van der Waals surface area contributed by atoms with Crippen LogP contribution >= 0.6 is 0 Å². The van der Waals surface area contributed by atoms with Gasteiger partial charge in [-0.3, -0.25) is 4.57 Å². The monoisotopic (exact) mass is 1140 g/mol. The highest BCUT2D eigenvalue weighted by Crippen LogP contribution is 2.53. The highest BCUT2D eigenvalue weighted by Gasteiger charge is 2.56. The molecule has 3 aliphatic heterocycles. The van der Waals surface area contributed by atoms with Gasteiger partial charge in [0.2, 0.25) is 0 Å². The van der Waals surface area contributed by atoms with Crippen molar-refractivity contribution in [3.8, 4) is 39.6 Å². The molecular formula is C78H78N4OSi2. The van der Waals surface area contributed by atoms with Gasteiger partial charge in [0.15, 0.2) is 8.07 Å². The Balaban J connectivity index is 0.944. The Hall–Kier alpha value is -8.24. The summed E-state index contributed by atoms with van der Waals surface area (Å²) in [7, 11) is -5.02. The van der Waals surface area contributed by atoms with Crippen LogP contribution in [0.25, 0.3) is 49.9 Å². The van der Waals surface area contributed by atoms with Crippen LogP contribution in [0.3, 0.4) is 0 Å². The second-order valence-corrected chi connectivity index (χ2v) is 36.9. The molecule has 0 fully saturated rings. The van der Waals surface area contributed by atoms with Crippen molar-refractivity contribution in [3.63, 3.8) is 0 Å². The summed E-state index contributed by atoms with van der Waals surface area (Å²) in [5, 5.41) is 11.7. The maximum absolute atomic E-state index is 7.46. The zero-order chi connectivity index (χ0) is 59.3. The average molecular weight is 1140 g/mol. The minimum Gasteiger partial charge on any atom is -0.457 e. The van der Waals surface area contributed by atoms with Crippen LogP contribution in [0.1, 0.15) is 105 Å². The number of benzene rings is 9. The zero-order valence-electron chi connectivity index (χ0n) is 52.0. The molecule has 11 aromatic rings. The first-order valence-electron chi connectivity index (χ1n) is 30.5. The van der Waals surface area contributed by atoms with Gasteiger partial charge in [0, 0.05) is 45.9 Å². The molecule has 0 atom stereocenters. The second-order valence-electron chi connectivity index (χ2n) is 28.9. The first kappa shape index (κ1) is 54.7. The molecule has 9 aromatic carbocycles. The molecule has 0 bridgehead atoms. The summed E-state index contributed by atoms with van der Waals surface area (Å²) in [6.45, 7) is 33.6. The van der Waals surface area contributed by atoms with E-state index in [1.165, 1.54) is 87.2 Å². The summed E-state index contributed by atoms with van der Waals surface area (Å²) in [4.78, 5) is 10.2. The number of nitrogens with zero attached hydrogens (tertiary/aromatic N) is 4. The van der Waals surface area contributed by atoms with E-state index in [1.807, 2.05) is 6.20 Å². The first-order valence-corrected chi connectivity index (χ1v) is 35.5. The molecule has 5 nitrogen and oxygen atoms in total. The van der Waals surface area contributed by atoms with Crippen molar-refractivity contribution < 1.29 is 4.74 Å². The minimum atomic E-state index is -2.92. The maximum atomic E-state index is 7.46. The van der Waals surface area contributed by atoms with E-state index in [2.05, 4.69) is 311 Å². The van der Waals surface area contributed by atoms with Gasteiger partial charge in [-0.2, -0.15) is 0 Å². The van der Waals surface area contributed by atoms with E-state index in [-0.39, 0.29) is 21.7 Å². The lowest BCUT2D eigenvalue weighted by molar-refractivity contribution is 0.484. The van der Waals surface area contributed by atoms with Crippen LogP contribution in [0.5, 0.6) is 11.5 Å². The number of ether oxygens (including phenoxy) is 1. The van der Waals surface area contributed by atoms with Crippen LogP contribution < -0.4 is 45.7 Å². The normalized spacial score (nSPS) is 15.0. The Labute approximate surface area is 505 Å². The number of pyridine rings is 1. The van der Waals surface area contributed by atoms with Crippen molar-refractivity contribution in [3.05, 3.63) is 229 Å². The van der Waals surface area contributed by atoms with Gasteiger partial charge in [-0.1, -0.05) is 234 Å². The topological polar surface area (TPSA) is 33.5 Å². The van der Waals surface area contributed by atoms with E-state index < -0.39 is 16.1 Å². The number of hydrogen-bond donors (Lipinski definition) is 0. The summed E-state index contributed by atoms with van der Waals surface area (Å²) >= 11 is 0. The molecule has 1 spiro atoms. The van der Waals surface area contributed by atoms with Crippen LogP contribution in [-0.4, -0.2) is 32.4 Å². The van der Waals surface area contributed by atoms with Crippen LogP contribution in [-0.2, 0) is 21.7 Å². The molecule has 0 saturated heterocycles. The fourth-order valence-corrected chi connectivity index (χ4v) is 25.5. The largest absolute Gasteiger partial charge is 0.457 e. The van der Waals surface area contributed by atoms with Gasteiger partial charge in [-0.15, -0.1) is 0 Å². The number of hydrogen-bond acceptors (Lipinski definition) is 4. The van der Waals surface area contributed by atoms with Gasteiger partial charge < -0.3 is 14.5 Å². The van der Waals surface area contributed by atoms with Crippen molar-refractivity contribution in [2.24, 2.45) is 0 Å². The summed E-state index contributed by atoms with van der Waals surface area (Å²) < 4.78 is 9.88. The molecule has 0 saturated carbocycles. The first-order chi connectivity index (χ1) is 40.4. The predicted molar refractivity (Wildman–Crippen MR) is 367 cm³/mol. The molecule has 0 amide bonds. The molecule has 0 unspecified atom stereocenters. The lowest BCUT2D eigenvalue weighted by Crippen LogP contribution is -2.86. The molecular weight excluding hydrogens is 1070 g/mol. The summed E-state index contributed by atoms with van der Waals surface area (Å²) in [5.41, 5.74) is 16.7. The molecule has 0 N–H and O–H groups in total. The van der Waals surface area contributed by atoms with Gasteiger partial charge in [-0.25, -0.2) is 4.98 Å². The highest BCUT2D eigenvalue weighted by molar-refractivity contribution is 7.29. The van der Waals surface area contributed by atoms with Crippen LogP contribution in [0.15, 0.2) is 206 Å². The van der Waals surface area contributed by atoms with E-state index >= 15 is 0 Å². The van der Waals surface area contributed by atoms with E-state index in [0.29, 0.717) is 6.67 Å². The summed E-state index contributed by atoms with van der Waals surface area (Å²) in [6, 6.07) is 76.4. The molecule has 14 rings (SSSR count). The number of para-hydroxylation sites is 2. The van der Waals surface area contributed by atoms with Crippen molar-refractivity contribution in [1.82, 2.24) is 9.55 Å². The molecule has 424 valence electrons. The predicted octanol–water partition coefficient (Wildman–Crippen LogP) is 16.6. The van der Waals surface area contributed by atoms with Gasteiger partial charge in [0.25, 0.3) is 0 Å². The number of anilines is 4. The van der Waals surface area contributed by atoms with Gasteiger partial charge in [-0.05, 0) is 136 Å². The Morgan fingerprint density at radius 1 is 0.400 bits per heavy atom. The van der Waals surface area contributed by atoms with Crippen molar-refractivity contribution in [2.45, 2.75) is 118 Å². The van der Waals surface area contributed by atoms with Crippen molar-refractivity contribution >= 4 is 91.8 Å². The smallest absolute Gasteiger partial charge is 0.180 e. The molecule has 7 heteroatoms. The molecule has 85 heavy (non-hydrogen) atoms. The van der Waals surface area contributed by atoms with Gasteiger partial charge in [0.05, 0.1) is 28.1 Å². The van der Waals surface area contributed by atoms with E-state index in [9.17, 15) is 0 Å². The third-order valence-electron chi connectivity index (χ3n) is 18.9. The Bertz CT molecular complexity index is 4440. The number of rotatable bonds is 7. The van der Waals surface area contributed by atoms with Crippen LogP contribution in [0, 0.1) is 0 Å². The molecule has 0 radical (unpaired) electrons. The van der Waals surface area contributed by atoms with Crippen LogP contribution in [0.2, 0.25) is 13.1 Å². The lowest BCUT2D eigenvalue weighted by Gasteiger charge is -2.44. The minimum absolute atomic E-state index is 0.0562. The highest BCUT2D eigenvalue weighted by atomic mass is 28.3. The summed E-state index contributed by atoms with van der Waals surface area (Å²) in [6.07, 6.45) is 1.99. The van der Waals surface area contributed by atoms with E-state index in [1.54, 1.807) is 10.4 Å². The van der Waals surface area contributed by atoms with E-state index in [0.717, 1.165) is 39.9 Å². The van der Waals surface area contributed by atoms with Crippen LogP contribution in [0.4, 0.5) is 22.7 Å². The molecule has 3 aliphatic rings. The SMILES string of the molecule is CC(C)(C)c1cc(-c2cc(C(C)(C)C)cc(-c3ccccc3)c2N2CN(c3cccc(Oc4cc5c6c7c(cccc7n(-c7cc(C(C)(C)C)ccn7)c6c4)[Si]54c5ccccc5[Si](C)(C)c5ccccc54)c3)c3ccccc32)cc(C(C)(C)C)c1. The lowest BCUT2D eigenvalue weighted by atomic mass is 9.77.